The highest BCUT2D eigenvalue weighted by molar-refractivity contribution is 7.14. The highest BCUT2D eigenvalue weighted by atomic mass is 32.1. The Morgan fingerprint density at radius 3 is 2.68 bits per heavy atom. The number of thiazole rings is 1. The summed E-state index contributed by atoms with van der Waals surface area (Å²) in [6, 6.07) is 12.0. The first-order valence-electron chi connectivity index (χ1n) is 6.61. The molecule has 0 aliphatic rings. The molecule has 4 nitrogen and oxygen atoms in total. The molecular weight excluding hydrogens is 298 g/mol. The monoisotopic (exact) mass is 311 g/mol. The number of carbonyl (C=O) groups is 1. The van der Waals surface area contributed by atoms with E-state index in [9.17, 15) is 4.79 Å². The lowest BCUT2D eigenvalue weighted by Crippen LogP contribution is -1.89. The predicted molar refractivity (Wildman–Crippen MR) is 88.5 cm³/mol. The van der Waals surface area contributed by atoms with Crippen LogP contribution in [0.5, 0.6) is 5.75 Å². The molecule has 22 heavy (non-hydrogen) atoms. The number of benzene rings is 2. The van der Waals surface area contributed by atoms with Gasteiger partial charge in [0.25, 0.3) is 0 Å². The summed E-state index contributed by atoms with van der Waals surface area (Å²) in [6.45, 7) is 0. The molecule has 0 saturated carbocycles. The summed E-state index contributed by atoms with van der Waals surface area (Å²) < 4.78 is 5.21. The summed E-state index contributed by atoms with van der Waals surface area (Å²) in [5.74, 6) is -0.114. The fourth-order valence-electron chi connectivity index (χ4n) is 2.10. The molecule has 3 rings (SSSR count). The molecule has 0 atom stereocenters. The Bertz CT molecular complexity index is 867. The van der Waals surface area contributed by atoms with Crippen LogP contribution in [0.2, 0.25) is 0 Å². The minimum atomic E-state index is -0.947. The number of aromatic carboxylic acids is 1. The van der Waals surface area contributed by atoms with Crippen LogP contribution in [0.1, 0.15) is 20.2 Å². The van der Waals surface area contributed by atoms with Crippen molar-refractivity contribution in [1.82, 2.24) is 4.98 Å². The average molecular weight is 311 g/mol. The SMILES string of the molecule is COc1ccc2cc(/C=C/c3ncc(C(=O)O)s3)ccc2c1. The van der Waals surface area contributed by atoms with Crippen LogP contribution in [0, 0.1) is 0 Å². The highest BCUT2D eigenvalue weighted by Gasteiger charge is 2.06. The van der Waals surface area contributed by atoms with Gasteiger partial charge >= 0.3 is 5.97 Å². The van der Waals surface area contributed by atoms with E-state index >= 15 is 0 Å². The first-order valence-corrected chi connectivity index (χ1v) is 7.42. The van der Waals surface area contributed by atoms with Gasteiger partial charge in [0, 0.05) is 0 Å². The van der Waals surface area contributed by atoms with Gasteiger partial charge < -0.3 is 9.84 Å². The smallest absolute Gasteiger partial charge is 0.347 e. The van der Waals surface area contributed by atoms with E-state index in [-0.39, 0.29) is 4.88 Å². The van der Waals surface area contributed by atoms with E-state index in [0.717, 1.165) is 33.4 Å². The molecule has 2 aromatic carbocycles. The van der Waals surface area contributed by atoms with Crippen LogP contribution in [-0.4, -0.2) is 23.2 Å². The molecule has 1 aromatic heterocycles. The van der Waals surface area contributed by atoms with Gasteiger partial charge in [-0.25, -0.2) is 9.78 Å². The quantitative estimate of drug-likeness (QED) is 0.785. The number of ether oxygens (including phenoxy) is 1. The number of nitrogens with zero attached hydrogens (tertiary/aromatic N) is 1. The Morgan fingerprint density at radius 1 is 1.18 bits per heavy atom. The van der Waals surface area contributed by atoms with Crippen molar-refractivity contribution in [1.29, 1.82) is 0 Å². The third kappa shape index (κ3) is 2.99. The van der Waals surface area contributed by atoms with E-state index in [1.54, 1.807) is 7.11 Å². The van der Waals surface area contributed by atoms with E-state index in [2.05, 4.69) is 11.1 Å². The minimum Gasteiger partial charge on any atom is -0.497 e. The number of hydrogen-bond acceptors (Lipinski definition) is 4. The second-order valence-corrected chi connectivity index (χ2v) is 5.74. The average Bonchev–Trinajstić information content (AvgIpc) is 3.01. The van der Waals surface area contributed by atoms with Gasteiger partial charge in [-0.2, -0.15) is 0 Å². The first-order chi connectivity index (χ1) is 10.7. The number of rotatable bonds is 4. The van der Waals surface area contributed by atoms with Crippen molar-refractivity contribution in [3.8, 4) is 5.75 Å². The maximum Gasteiger partial charge on any atom is 0.347 e. The van der Waals surface area contributed by atoms with Gasteiger partial charge in [-0.1, -0.05) is 24.3 Å². The number of fused-ring (bicyclic) bond motifs is 1. The van der Waals surface area contributed by atoms with Crippen LogP contribution >= 0.6 is 11.3 Å². The Labute approximate surface area is 131 Å². The van der Waals surface area contributed by atoms with Crippen LogP contribution in [0.4, 0.5) is 0 Å². The zero-order valence-corrected chi connectivity index (χ0v) is 12.6. The van der Waals surface area contributed by atoms with Gasteiger partial charge in [-0.3, -0.25) is 0 Å². The zero-order chi connectivity index (χ0) is 15.5. The van der Waals surface area contributed by atoms with Crippen molar-refractivity contribution in [3.05, 3.63) is 58.0 Å². The third-order valence-corrected chi connectivity index (χ3v) is 4.17. The molecule has 110 valence electrons. The summed E-state index contributed by atoms with van der Waals surface area (Å²) in [4.78, 5) is 15.1. The molecular formula is C17H13NO3S. The molecule has 0 fully saturated rings. The molecule has 0 spiro atoms. The molecule has 0 bridgehead atoms. The maximum atomic E-state index is 10.8. The number of hydrogen-bond donors (Lipinski definition) is 1. The molecule has 1 N–H and O–H groups in total. The van der Waals surface area contributed by atoms with Crippen LogP contribution < -0.4 is 4.74 Å². The molecule has 5 heteroatoms. The summed E-state index contributed by atoms with van der Waals surface area (Å²) in [6.07, 6.45) is 5.12. The summed E-state index contributed by atoms with van der Waals surface area (Å²) >= 11 is 1.15. The lowest BCUT2D eigenvalue weighted by Gasteiger charge is -2.03. The molecule has 0 aliphatic heterocycles. The van der Waals surface area contributed by atoms with Gasteiger partial charge in [-0.05, 0) is 40.6 Å². The minimum absolute atomic E-state index is 0.241. The van der Waals surface area contributed by atoms with Gasteiger partial charge in [-0.15, -0.1) is 11.3 Å². The van der Waals surface area contributed by atoms with E-state index in [1.807, 2.05) is 42.5 Å². The van der Waals surface area contributed by atoms with Crippen molar-refractivity contribution < 1.29 is 14.6 Å². The molecule has 0 aliphatic carbocycles. The van der Waals surface area contributed by atoms with Gasteiger partial charge in [0.15, 0.2) is 0 Å². The molecule has 0 radical (unpaired) electrons. The van der Waals surface area contributed by atoms with Crippen molar-refractivity contribution in [3.63, 3.8) is 0 Å². The zero-order valence-electron chi connectivity index (χ0n) is 11.8. The number of carboxylic acids is 1. The van der Waals surface area contributed by atoms with Crippen LogP contribution in [0.3, 0.4) is 0 Å². The summed E-state index contributed by atoms with van der Waals surface area (Å²) in [5, 5.41) is 11.8. The largest absolute Gasteiger partial charge is 0.497 e. The highest BCUT2D eigenvalue weighted by Crippen LogP contribution is 2.23. The second kappa shape index (κ2) is 5.99. The molecule has 1 heterocycles. The lowest BCUT2D eigenvalue weighted by molar-refractivity contribution is 0.0702. The topological polar surface area (TPSA) is 59.4 Å². The molecule has 0 saturated heterocycles. The van der Waals surface area contributed by atoms with Crippen molar-refractivity contribution in [2.45, 2.75) is 0 Å². The number of methoxy groups -OCH3 is 1. The second-order valence-electron chi connectivity index (χ2n) is 4.67. The van der Waals surface area contributed by atoms with Crippen LogP contribution in [-0.2, 0) is 0 Å². The van der Waals surface area contributed by atoms with Crippen molar-refractivity contribution in [2.24, 2.45) is 0 Å². The normalized spacial score (nSPS) is 11.1. The Hall–Kier alpha value is -2.66. The Kier molecular flexibility index (Phi) is 3.89. The maximum absolute atomic E-state index is 10.8. The number of carboxylic acid groups (broad SMARTS) is 1. The van der Waals surface area contributed by atoms with Gasteiger partial charge in [0.1, 0.15) is 15.6 Å². The van der Waals surface area contributed by atoms with E-state index < -0.39 is 5.97 Å². The molecule has 3 aromatic rings. The number of aromatic nitrogens is 1. The van der Waals surface area contributed by atoms with E-state index in [1.165, 1.54) is 6.20 Å². The van der Waals surface area contributed by atoms with Crippen molar-refractivity contribution in [2.75, 3.05) is 7.11 Å². The standard InChI is InChI=1S/C17H13NO3S/c1-21-14-6-5-12-8-11(2-4-13(12)9-14)3-7-16-18-10-15(22-16)17(19)20/h2-10H,1H3,(H,19,20)/b7-3+. The first kappa shape index (κ1) is 14.3. The van der Waals surface area contributed by atoms with Gasteiger partial charge in [0.05, 0.1) is 13.3 Å². The summed E-state index contributed by atoms with van der Waals surface area (Å²) in [7, 11) is 1.65. The van der Waals surface area contributed by atoms with Gasteiger partial charge in [0.2, 0.25) is 0 Å². The Balaban J connectivity index is 1.86. The van der Waals surface area contributed by atoms with E-state index in [4.69, 9.17) is 9.84 Å². The van der Waals surface area contributed by atoms with Crippen LogP contribution in [0.25, 0.3) is 22.9 Å². The van der Waals surface area contributed by atoms with Crippen molar-refractivity contribution >= 4 is 40.2 Å². The fourth-order valence-corrected chi connectivity index (χ4v) is 2.76. The third-order valence-electron chi connectivity index (χ3n) is 3.22. The molecule has 0 unspecified atom stereocenters. The lowest BCUT2D eigenvalue weighted by atomic mass is 10.1. The van der Waals surface area contributed by atoms with Crippen LogP contribution in [0.15, 0.2) is 42.6 Å². The fraction of sp³-hybridized carbons (Fsp3) is 0.0588. The van der Waals surface area contributed by atoms with E-state index in [0.29, 0.717) is 5.01 Å². The predicted octanol–water partition coefficient (Wildman–Crippen LogP) is 4.17. The Morgan fingerprint density at radius 2 is 1.95 bits per heavy atom. The summed E-state index contributed by atoms with van der Waals surface area (Å²) in [5.41, 5.74) is 1.03. The molecule has 0 amide bonds.